The van der Waals surface area contributed by atoms with Crippen LogP contribution in [0.4, 0.5) is 24.5 Å². The van der Waals surface area contributed by atoms with E-state index in [4.69, 9.17) is 11.6 Å². The highest BCUT2D eigenvalue weighted by atomic mass is 35.5. The van der Waals surface area contributed by atoms with Gasteiger partial charge in [0.1, 0.15) is 0 Å². The smallest absolute Gasteiger partial charge is 0.339 e. The lowest BCUT2D eigenvalue weighted by Gasteiger charge is -2.10. The second-order valence-electron chi connectivity index (χ2n) is 5.27. The Bertz CT molecular complexity index is 872. The van der Waals surface area contributed by atoms with E-state index < -0.39 is 36.0 Å². The zero-order valence-corrected chi connectivity index (χ0v) is 14.3. The number of alkyl halides is 3. The van der Waals surface area contributed by atoms with Crippen LogP contribution in [0.2, 0.25) is 5.02 Å². The molecule has 3 N–H and O–H groups in total. The lowest BCUT2D eigenvalue weighted by Crippen LogP contribution is -2.39. The van der Waals surface area contributed by atoms with E-state index in [1.54, 1.807) is 18.2 Å². The second kappa shape index (κ2) is 8.54. The summed E-state index contributed by atoms with van der Waals surface area (Å²) in [6.45, 7) is -0.513. The topological polar surface area (TPSA) is 87.3 Å². The number of nitrogens with one attached hydrogen (secondary N) is 3. The monoisotopic (exact) mass is 399 g/mol. The van der Waals surface area contributed by atoms with Crippen molar-refractivity contribution in [2.45, 2.75) is 6.18 Å². The van der Waals surface area contributed by atoms with E-state index in [9.17, 15) is 27.6 Å². The Balaban J connectivity index is 1.87. The summed E-state index contributed by atoms with van der Waals surface area (Å²) in [5, 5.41) is 6.96. The normalized spacial score (nSPS) is 10.8. The molecule has 0 aliphatic rings. The van der Waals surface area contributed by atoms with Crippen LogP contribution in [-0.2, 0) is 20.6 Å². The Morgan fingerprint density at radius 3 is 2.15 bits per heavy atom. The van der Waals surface area contributed by atoms with E-state index in [0.717, 1.165) is 12.1 Å². The molecule has 0 saturated heterocycles. The summed E-state index contributed by atoms with van der Waals surface area (Å²) in [4.78, 5) is 35.2. The van der Waals surface area contributed by atoms with Crippen molar-refractivity contribution < 1.29 is 27.6 Å². The lowest BCUT2D eigenvalue weighted by atomic mass is 10.2. The van der Waals surface area contributed by atoms with Gasteiger partial charge in [-0.15, -0.1) is 0 Å². The van der Waals surface area contributed by atoms with Crippen LogP contribution in [-0.4, -0.2) is 24.3 Å². The van der Waals surface area contributed by atoms with Gasteiger partial charge < -0.3 is 16.0 Å². The van der Waals surface area contributed by atoms with Gasteiger partial charge >= 0.3 is 18.0 Å². The molecule has 0 unspecified atom stereocenters. The van der Waals surface area contributed by atoms with Gasteiger partial charge in [0.05, 0.1) is 12.1 Å². The average molecular weight is 400 g/mol. The van der Waals surface area contributed by atoms with Crippen LogP contribution in [0, 0.1) is 0 Å². The lowest BCUT2D eigenvalue weighted by molar-refractivity contribution is -0.137. The molecule has 0 atom stereocenters. The van der Waals surface area contributed by atoms with Gasteiger partial charge in [-0.3, -0.25) is 14.4 Å². The number of amides is 3. The van der Waals surface area contributed by atoms with Crippen LogP contribution in [0.1, 0.15) is 5.56 Å². The van der Waals surface area contributed by atoms with Crippen LogP contribution in [0.5, 0.6) is 0 Å². The number of carbonyl (C=O) groups is 3. The molecule has 2 rings (SSSR count). The summed E-state index contributed by atoms with van der Waals surface area (Å²) in [5.41, 5.74) is -0.773. The fourth-order valence-corrected chi connectivity index (χ4v) is 2.16. The third kappa shape index (κ3) is 6.30. The Labute approximate surface area is 156 Å². The fraction of sp³-hybridized carbons (Fsp3) is 0.118. The van der Waals surface area contributed by atoms with Crippen LogP contribution in [0.3, 0.4) is 0 Å². The maximum Gasteiger partial charge on any atom is 0.416 e. The zero-order chi connectivity index (χ0) is 20.0. The molecule has 10 heteroatoms. The first-order valence-corrected chi connectivity index (χ1v) is 7.85. The summed E-state index contributed by atoms with van der Waals surface area (Å²) < 4.78 is 37.9. The van der Waals surface area contributed by atoms with Crippen molar-refractivity contribution in [3.63, 3.8) is 0 Å². The minimum absolute atomic E-state index is 0.201. The highest BCUT2D eigenvalue weighted by molar-refractivity contribution is 6.40. The molecule has 0 aromatic heterocycles. The Morgan fingerprint density at radius 2 is 1.52 bits per heavy atom. The van der Waals surface area contributed by atoms with Gasteiger partial charge in [0.2, 0.25) is 5.91 Å². The number of carbonyl (C=O) groups excluding carboxylic acids is 3. The number of rotatable bonds is 4. The van der Waals surface area contributed by atoms with Crippen molar-refractivity contribution in [1.82, 2.24) is 5.32 Å². The summed E-state index contributed by atoms with van der Waals surface area (Å²) in [7, 11) is 0. The van der Waals surface area contributed by atoms with E-state index in [1.165, 1.54) is 12.1 Å². The summed E-state index contributed by atoms with van der Waals surface area (Å²) in [5.74, 6) is -2.99. The van der Waals surface area contributed by atoms with Crippen LogP contribution < -0.4 is 16.0 Å². The van der Waals surface area contributed by atoms with Crippen molar-refractivity contribution >= 4 is 40.7 Å². The molecule has 0 aliphatic carbocycles. The Hall–Kier alpha value is -3.07. The summed E-state index contributed by atoms with van der Waals surface area (Å²) in [6.07, 6.45) is -4.58. The van der Waals surface area contributed by atoms with Gasteiger partial charge in [-0.1, -0.05) is 23.7 Å². The number of halogens is 4. The van der Waals surface area contributed by atoms with E-state index >= 15 is 0 Å². The highest BCUT2D eigenvalue weighted by Crippen LogP contribution is 2.30. The maximum absolute atomic E-state index is 12.6. The van der Waals surface area contributed by atoms with E-state index in [0.29, 0.717) is 16.8 Å². The van der Waals surface area contributed by atoms with Crippen molar-refractivity contribution in [2.75, 3.05) is 17.2 Å². The van der Waals surface area contributed by atoms with Crippen molar-refractivity contribution in [3.05, 3.63) is 59.1 Å². The van der Waals surface area contributed by atoms with Gasteiger partial charge in [0, 0.05) is 16.4 Å². The van der Waals surface area contributed by atoms with Gasteiger partial charge in [-0.2, -0.15) is 13.2 Å². The minimum Gasteiger partial charge on any atom is -0.339 e. The molecule has 2 aromatic carbocycles. The number of hydrogen-bond donors (Lipinski definition) is 3. The van der Waals surface area contributed by atoms with Crippen molar-refractivity contribution in [2.24, 2.45) is 0 Å². The third-order valence-electron chi connectivity index (χ3n) is 3.17. The SMILES string of the molecule is O=C(CNC(=O)C(=O)Nc1cccc(C(F)(F)F)c1)Nc1cccc(Cl)c1. The third-order valence-corrected chi connectivity index (χ3v) is 3.41. The van der Waals surface area contributed by atoms with Crippen LogP contribution in [0.15, 0.2) is 48.5 Å². The molecule has 0 aliphatic heterocycles. The molecule has 6 nitrogen and oxygen atoms in total. The molecular weight excluding hydrogens is 387 g/mol. The maximum atomic E-state index is 12.6. The van der Waals surface area contributed by atoms with Gasteiger partial charge in [0.25, 0.3) is 0 Å². The number of hydrogen-bond acceptors (Lipinski definition) is 3. The van der Waals surface area contributed by atoms with E-state index in [1.807, 2.05) is 5.32 Å². The fourth-order valence-electron chi connectivity index (χ4n) is 1.97. The standard InChI is InChI=1S/C17H13ClF3N3O3/c18-11-4-2-6-13(8-11)23-14(25)9-22-15(26)16(27)24-12-5-1-3-10(7-12)17(19,20)21/h1-8H,9H2,(H,22,26)(H,23,25)(H,24,27). The predicted octanol–water partition coefficient (Wildman–Crippen LogP) is 3.05. The van der Waals surface area contributed by atoms with Gasteiger partial charge in [-0.25, -0.2) is 0 Å². The van der Waals surface area contributed by atoms with Crippen LogP contribution in [0.25, 0.3) is 0 Å². The molecule has 0 saturated carbocycles. The van der Waals surface area contributed by atoms with Gasteiger partial charge in [0.15, 0.2) is 0 Å². The summed E-state index contributed by atoms with van der Waals surface area (Å²) >= 11 is 5.77. The van der Waals surface area contributed by atoms with E-state index in [-0.39, 0.29) is 5.69 Å². The highest BCUT2D eigenvalue weighted by Gasteiger charge is 2.30. The second-order valence-corrected chi connectivity index (χ2v) is 5.71. The largest absolute Gasteiger partial charge is 0.416 e. The zero-order valence-electron chi connectivity index (χ0n) is 13.6. The Morgan fingerprint density at radius 1 is 0.889 bits per heavy atom. The van der Waals surface area contributed by atoms with Gasteiger partial charge in [-0.05, 0) is 36.4 Å². The average Bonchev–Trinajstić information content (AvgIpc) is 2.59. The molecule has 142 valence electrons. The molecular formula is C17H13ClF3N3O3. The van der Waals surface area contributed by atoms with Crippen molar-refractivity contribution in [1.29, 1.82) is 0 Å². The number of anilines is 2. The first-order valence-electron chi connectivity index (χ1n) is 7.47. The minimum atomic E-state index is -4.58. The Kier molecular flexibility index (Phi) is 6.40. The molecule has 0 spiro atoms. The molecule has 3 amide bonds. The molecule has 0 fully saturated rings. The van der Waals surface area contributed by atoms with E-state index in [2.05, 4.69) is 10.6 Å². The molecule has 0 bridgehead atoms. The quantitative estimate of drug-likeness (QED) is 0.690. The summed E-state index contributed by atoms with van der Waals surface area (Å²) in [6, 6.07) is 10.1. The predicted molar refractivity (Wildman–Crippen MR) is 93.2 cm³/mol. The first-order chi connectivity index (χ1) is 12.6. The van der Waals surface area contributed by atoms with Crippen LogP contribution >= 0.6 is 11.6 Å². The first kappa shape index (κ1) is 20.2. The molecule has 2 aromatic rings. The molecule has 0 radical (unpaired) electrons. The molecule has 0 heterocycles. The van der Waals surface area contributed by atoms with Crippen molar-refractivity contribution in [3.8, 4) is 0 Å². The number of benzene rings is 2. The molecule has 27 heavy (non-hydrogen) atoms.